The van der Waals surface area contributed by atoms with Crippen LogP contribution in [0.1, 0.15) is 74.1 Å². The van der Waals surface area contributed by atoms with Gasteiger partial charge in [0.05, 0.1) is 0 Å². The van der Waals surface area contributed by atoms with Gasteiger partial charge in [-0.05, 0) is 54.4 Å². The molecule has 37 heavy (non-hydrogen) atoms. The van der Waals surface area contributed by atoms with Crippen LogP contribution in [0.3, 0.4) is 0 Å². The molecule has 0 aromatic heterocycles. The summed E-state index contributed by atoms with van der Waals surface area (Å²) in [6, 6.07) is 0. The van der Waals surface area contributed by atoms with Gasteiger partial charge in [-0.1, -0.05) is 52.3 Å². The molecule has 2 saturated carbocycles. The maximum Gasteiger partial charge on any atom is 0.334 e. The maximum atomic E-state index is 13.0. The van der Waals surface area contributed by atoms with Gasteiger partial charge in [0.15, 0.2) is 5.78 Å². The Morgan fingerprint density at radius 1 is 1.00 bits per heavy atom. The average Bonchev–Trinajstić information content (AvgIpc) is 3.31. The lowest BCUT2D eigenvalue weighted by Gasteiger charge is -2.66. The fourth-order valence-corrected chi connectivity index (χ4v) is 9.04. The smallest absolute Gasteiger partial charge is 0.334 e. The Kier molecular flexibility index (Phi) is 5.71. The van der Waals surface area contributed by atoms with Gasteiger partial charge >= 0.3 is 17.9 Å². The highest BCUT2D eigenvalue weighted by molar-refractivity contribution is 5.95. The Bertz CT molecular complexity index is 1170. The molecule has 0 aromatic rings. The van der Waals surface area contributed by atoms with Gasteiger partial charge in [0.25, 0.3) is 6.29 Å². The number of ketones is 1. The van der Waals surface area contributed by atoms with E-state index in [2.05, 4.69) is 32.9 Å². The molecule has 1 unspecified atom stereocenters. The highest BCUT2D eigenvalue weighted by Crippen LogP contribution is 2.72. The summed E-state index contributed by atoms with van der Waals surface area (Å²) in [5.74, 6) is -1.07. The van der Waals surface area contributed by atoms with E-state index in [0.29, 0.717) is 18.4 Å². The molecule has 8 atom stereocenters. The molecule has 0 aromatic carbocycles. The van der Waals surface area contributed by atoms with Crippen LogP contribution in [0.4, 0.5) is 0 Å². The van der Waals surface area contributed by atoms with Gasteiger partial charge in [0.2, 0.25) is 0 Å². The molecule has 1 aliphatic heterocycles. The van der Waals surface area contributed by atoms with Crippen molar-refractivity contribution < 1.29 is 33.4 Å². The molecule has 0 bridgehead atoms. The maximum absolute atomic E-state index is 13.0. The van der Waals surface area contributed by atoms with Crippen LogP contribution in [-0.2, 0) is 33.4 Å². The number of carbonyl (C=O) groups excluding carboxylic acids is 4. The molecule has 7 nitrogen and oxygen atoms in total. The van der Waals surface area contributed by atoms with Gasteiger partial charge in [-0.3, -0.25) is 14.4 Å². The lowest BCUT2D eigenvalue weighted by atomic mass is 9.38. The standard InChI is InChI=1S/C30H38O7/c1-16(31)35-24-15-22-27(3,4)23(33)11-13-29(22,6)21-10-12-28(5)19(8-9-20(28)30(21,24)7)18-14-25(34)37-26(18)36-17(2)32/h9,11,13-14,19,21-22,24,26H,8,10,12,15H2,1-7H3/t19-,21+,22-,24+,26?,28-,29+,30-/m0/s1. The van der Waals surface area contributed by atoms with Crippen LogP contribution in [0.25, 0.3) is 0 Å². The van der Waals surface area contributed by atoms with Crippen molar-refractivity contribution in [2.75, 3.05) is 0 Å². The lowest BCUT2D eigenvalue weighted by Crippen LogP contribution is -2.64. The zero-order valence-electron chi connectivity index (χ0n) is 22.9. The number of rotatable bonds is 3. The van der Waals surface area contributed by atoms with Crippen LogP contribution in [0.15, 0.2) is 35.5 Å². The fourth-order valence-electron chi connectivity index (χ4n) is 9.04. The molecule has 0 saturated heterocycles. The van der Waals surface area contributed by atoms with Crippen LogP contribution < -0.4 is 0 Å². The van der Waals surface area contributed by atoms with Gasteiger partial charge in [-0.25, -0.2) is 4.79 Å². The lowest BCUT2D eigenvalue weighted by molar-refractivity contribution is -0.187. The summed E-state index contributed by atoms with van der Waals surface area (Å²) < 4.78 is 16.8. The monoisotopic (exact) mass is 510 g/mol. The minimum atomic E-state index is -1.00. The fraction of sp³-hybridized carbons (Fsp3) is 0.667. The Balaban J connectivity index is 1.59. The van der Waals surface area contributed by atoms with E-state index in [0.717, 1.165) is 12.8 Å². The van der Waals surface area contributed by atoms with Crippen molar-refractivity contribution >= 4 is 23.7 Å². The van der Waals surface area contributed by atoms with Gasteiger partial charge < -0.3 is 14.2 Å². The van der Waals surface area contributed by atoms with Crippen LogP contribution in [0.5, 0.6) is 0 Å². The number of hydrogen-bond donors (Lipinski definition) is 0. The van der Waals surface area contributed by atoms with Crippen molar-refractivity contribution in [1.29, 1.82) is 0 Å². The van der Waals surface area contributed by atoms with Crippen molar-refractivity contribution in [1.82, 2.24) is 0 Å². The van der Waals surface area contributed by atoms with E-state index in [1.807, 2.05) is 13.8 Å². The third-order valence-electron chi connectivity index (χ3n) is 10.7. The first-order valence-corrected chi connectivity index (χ1v) is 13.4. The average molecular weight is 511 g/mol. The summed E-state index contributed by atoms with van der Waals surface area (Å²) in [5, 5.41) is 0. The molecule has 5 rings (SSSR count). The first kappa shape index (κ1) is 25.9. The van der Waals surface area contributed by atoms with Crippen molar-refractivity contribution in [2.24, 2.45) is 39.4 Å². The number of esters is 3. The van der Waals surface area contributed by atoms with Crippen molar-refractivity contribution in [3.8, 4) is 0 Å². The number of allylic oxidation sites excluding steroid dienone is 3. The Hall–Kier alpha value is -2.70. The third-order valence-corrected chi connectivity index (χ3v) is 10.7. The molecule has 4 aliphatic carbocycles. The third kappa shape index (κ3) is 3.52. The number of cyclic esters (lactones) is 1. The summed E-state index contributed by atoms with van der Waals surface area (Å²) in [7, 11) is 0. The molecule has 0 spiro atoms. The topological polar surface area (TPSA) is 96.0 Å². The van der Waals surface area contributed by atoms with E-state index in [1.165, 1.54) is 25.5 Å². The Morgan fingerprint density at radius 2 is 1.68 bits per heavy atom. The van der Waals surface area contributed by atoms with E-state index < -0.39 is 29.1 Å². The zero-order valence-corrected chi connectivity index (χ0v) is 22.9. The summed E-state index contributed by atoms with van der Waals surface area (Å²) in [5.41, 5.74) is 0.353. The summed E-state index contributed by atoms with van der Waals surface area (Å²) in [6.45, 7) is 13.5. The van der Waals surface area contributed by atoms with Gasteiger partial charge in [-0.2, -0.15) is 0 Å². The summed E-state index contributed by atoms with van der Waals surface area (Å²) >= 11 is 0. The van der Waals surface area contributed by atoms with Gasteiger partial charge in [-0.15, -0.1) is 0 Å². The molecular formula is C30H38O7. The predicted octanol–water partition coefficient (Wildman–Crippen LogP) is 4.85. The molecule has 200 valence electrons. The Labute approximate surface area is 218 Å². The van der Waals surface area contributed by atoms with E-state index in [4.69, 9.17) is 14.2 Å². The first-order valence-electron chi connectivity index (χ1n) is 13.4. The summed E-state index contributed by atoms with van der Waals surface area (Å²) in [4.78, 5) is 49.3. The molecule has 0 amide bonds. The Morgan fingerprint density at radius 3 is 2.32 bits per heavy atom. The normalized spacial score (nSPS) is 43.6. The van der Waals surface area contributed by atoms with E-state index >= 15 is 0 Å². The molecule has 7 heteroatoms. The summed E-state index contributed by atoms with van der Waals surface area (Å²) in [6.07, 6.45) is 9.26. The van der Waals surface area contributed by atoms with Crippen LogP contribution in [-0.4, -0.2) is 36.1 Å². The highest BCUT2D eigenvalue weighted by atomic mass is 16.7. The van der Waals surface area contributed by atoms with Crippen LogP contribution >= 0.6 is 0 Å². The molecule has 1 heterocycles. The number of carbonyl (C=O) groups is 4. The second-order valence-electron chi connectivity index (χ2n) is 12.9. The highest BCUT2D eigenvalue weighted by Gasteiger charge is 2.68. The molecule has 5 aliphatic rings. The number of fused-ring (bicyclic) bond motifs is 5. The molecular weight excluding hydrogens is 472 g/mol. The first-order chi connectivity index (χ1) is 17.2. The second-order valence-corrected chi connectivity index (χ2v) is 12.9. The van der Waals surface area contributed by atoms with Crippen molar-refractivity contribution in [2.45, 2.75) is 86.5 Å². The predicted molar refractivity (Wildman–Crippen MR) is 135 cm³/mol. The van der Waals surface area contributed by atoms with E-state index in [1.54, 1.807) is 6.08 Å². The van der Waals surface area contributed by atoms with Crippen LogP contribution in [0, 0.1) is 39.4 Å². The SMILES string of the molecule is CC(=O)OC1OC(=O)C=C1[C@@H]1CC=C2[C@@]3(C)[C@H](CC[C@]21C)[C@@]1(C)C=CC(=O)C(C)(C)[C@@H]1C[C@H]3OC(C)=O. The number of hydrogen-bond acceptors (Lipinski definition) is 7. The molecule has 0 N–H and O–H groups in total. The van der Waals surface area contributed by atoms with Crippen LogP contribution in [0.2, 0.25) is 0 Å². The largest absolute Gasteiger partial charge is 0.462 e. The molecule has 2 fully saturated rings. The number of ether oxygens (including phenoxy) is 3. The molecule has 0 radical (unpaired) electrons. The van der Waals surface area contributed by atoms with E-state index in [9.17, 15) is 19.2 Å². The minimum Gasteiger partial charge on any atom is -0.462 e. The van der Waals surface area contributed by atoms with Crippen molar-refractivity contribution in [3.63, 3.8) is 0 Å². The van der Waals surface area contributed by atoms with Gasteiger partial charge in [0, 0.05) is 42.2 Å². The quantitative estimate of drug-likeness (QED) is 0.396. The van der Waals surface area contributed by atoms with Crippen molar-refractivity contribution in [3.05, 3.63) is 35.5 Å². The zero-order chi connectivity index (χ0) is 27.1. The van der Waals surface area contributed by atoms with Gasteiger partial charge in [0.1, 0.15) is 6.10 Å². The second kappa shape index (κ2) is 8.15. The minimum absolute atomic E-state index is 0.0407. The van der Waals surface area contributed by atoms with E-state index in [-0.39, 0.29) is 46.4 Å².